The van der Waals surface area contributed by atoms with Gasteiger partial charge < -0.3 is 5.11 Å². The number of halogens is 2. The molecule has 4 nitrogen and oxygen atoms in total. The molecule has 1 heterocycles. The van der Waals surface area contributed by atoms with E-state index in [2.05, 4.69) is 5.10 Å². The van der Waals surface area contributed by atoms with E-state index in [-0.39, 0.29) is 57.4 Å². The zero-order valence-electron chi connectivity index (χ0n) is 9.74. The molecule has 96 valence electrons. The maximum absolute atomic E-state index is 12.3. The second-order valence-electron chi connectivity index (χ2n) is 3.86. The first-order chi connectivity index (χ1) is 8.41. The SMILES string of the molecule is Cc1nn(C)c(O)c1C(=O)c1ccc(Cl)cc1Cl.[NaH]. The molecule has 1 N–H and O–H groups in total. The fourth-order valence-corrected chi connectivity index (χ4v) is 2.21. The average molecular weight is 309 g/mol. The molecule has 7 heteroatoms. The normalized spacial score (nSPS) is 10.1. The van der Waals surface area contributed by atoms with Crippen molar-refractivity contribution in [2.24, 2.45) is 7.05 Å². The van der Waals surface area contributed by atoms with E-state index in [1.807, 2.05) is 0 Å². The van der Waals surface area contributed by atoms with Crippen molar-refractivity contribution in [3.63, 3.8) is 0 Å². The van der Waals surface area contributed by atoms with Crippen LogP contribution in [0.15, 0.2) is 18.2 Å². The van der Waals surface area contributed by atoms with Crippen molar-refractivity contribution in [2.75, 3.05) is 0 Å². The van der Waals surface area contributed by atoms with E-state index in [1.165, 1.54) is 16.8 Å². The number of hydrogen-bond donors (Lipinski definition) is 1. The molecule has 0 aliphatic heterocycles. The minimum atomic E-state index is -0.375. The summed E-state index contributed by atoms with van der Waals surface area (Å²) in [4.78, 5) is 12.3. The van der Waals surface area contributed by atoms with Gasteiger partial charge in [-0.1, -0.05) is 23.2 Å². The summed E-state index contributed by atoms with van der Waals surface area (Å²) in [5.41, 5.74) is 0.889. The first-order valence-electron chi connectivity index (χ1n) is 5.14. The van der Waals surface area contributed by atoms with Crippen molar-refractivity contribution in [1.29, 1.82) is 0 Å². The van der Waals surface area contributed by atoms with Crippen LogP contribution in [0, 0.1) is 6.92 Å². The van der Waals surface area contributed by atoms with E-state index in [0.29, 0.717) is 10.7 Å². The quantitative estimate of drug-likeness (QED) is 0.684. The predicted octanol–water partition coefficient (Wildman–Crippen LogP) is 2.32. The van der Waals surface area contributed by atoms with E-state index in [4.69, 9.17) is 23.2 Å². The summed E-state index contributed by atoms with van der Waals surface area (Å²) in [6.07, 6.45) is 0. The molecule has 0 radical (unpaired) electrons. The summed E-state index contributed by atoms with van der Waals surface area (Å²) in [6, 6.07) is 4.58. The first kappa shape index (κ1) is 16.5. The van der Waals surface area contributed by atoms with Crippen LogP contribution in [0.25, 0.3) is 0 Å². The van der Waals surface area contributed by atoms with Crippen LogP contribution >= 0.6 is 23.2 Å². The molecule has 0 fully saturated rings. The van der Waals surface area contributed by atoms with Gasteiger partial charge in [-0.25, -0.2) is 4.68 Å². The Morgan fingerprint density at radius 3 is 2.47 bits per heavy atom. The van der Waals surface area contributed by atoms with Crippen LogP contribution in [-0.4, -0.2) is 50.2 Å². The molecule has 0 spiro atoms. The molecule has 0 amide bonds. The van der Waals surface area contributed by atoms with Gasteiger partial charge in [0.05, 0.1) is 10.7 Å². The van der Waals surface area contributed by atoms with Gasteiger partial charge in [0.2, 0.25) is 11.7 Å². The summed E-state index contributed by atoms with van der Waals surface area (Å²) in [6.45, 7) is 1.65. The zero-order valence-corrected chi connectivity index (χ0v) is 11.2. The van der Waals surface area contributed by atoms with Gasteiger partial charge in [0.25, 0.3) is 0 Å². The van der Waals surface area contributed by atoms with Crippen LogP contribution in [0.4, 0.5) is 0 Å². The van der Waals surface area contributed by atoms with Crippen LogP contribution in [0.2, 0.25) is 10.0 Å². The van der Waals surface area contributed by atoms with Crippen LogP contribution in [0.3, 0.4) is 0 Å². The Hall–Kier alpha value is -0.520. The van der Waals surface area contributed by atoms with E-state index in [9.17, 15) is 9.90 Å². The number of carbonyl (C=O) groups excluding carboxylic acids is 1. The summed E-state index contributed by atoms with van der Waals surface area (Å²) in [7, 11) is 1.56. The monoisotopic (exact) mass is 308 g/mol. The standard InChI is InChI=1S/C12H10Cl2N2O2.Na.H/c1-6-10(12(18)16(2)15-6)11(17)8-4-3-7(13)5-9(8)14;;/h3-5,18H,1-2H3;;. The van der Waals surface area contributed by atoms with Gasteiger partial charge in [0.15, 0.2) is 0 Å². The molecule has 1 aromatic heterocycles. The van der Waals surface area contributed by atoms with E-state index in [0.717, 1.165) is 0 Å². The molecule has 1 aromatic carbocycles. The molecule has 0 unspecified atom stereocenters. The molecule has 0 bridgehead atoms. The Balaban J connectivity index is 0.00000180. The Bertz CT molecular complexity index is 641. The van der Waals surface area contributed by atoms with Crippen LogP contribution < -0.4 is 0 Å². The van der Waals surface area contributed by atoms with E-state index < -0.39 is 0 Å². The summed E-state index contributed by atoms with van der Waals surface area (Å²) in [5, 5.41) is 14.5. The van der Waals surface area contributed by atoms with Crippen molar-refractivity contribution in [3.8, 4) is 5.88 Å². The summed E-state index contributed by atoms with van der Waals surface area (Å²) < 4.78 is 1.24. The molecule has 0 saturated heterocycles. The van der Waals surface area contributed by atoms with Gasteiger partial charge >= 0.3 is 29.6 Å². The molecule has 19 heavy (non-hydrogen) atoms. The number of nitrogens with zero attached hydrogens (tertiary/aromatic N) is 2. The zero-order chi connectivity index (χ0) is 13.4. The Morgan fingerprint density at radius 2 is 2.00 bits per heavy atom. The molecular weight excluding hydrogens is 298 g/mol. The Kier molecular flexibility index (Phi) is 5.47. The van der Waals surface area contributed by atoms with Crippen molar-refractivity contribution < 1.29 is 9.90 Å². The Labute approximate surface area is 142 Å². The van der Waals surface area contributed by atoms with Gasteiger partial charge in [-0.2, -0.15) is 5.10 Å². The average Bonchev–Trinajstić information content (AvgIpc) is 2.52. The number of aryl methyl sites for hydroxylation is 2. The van der Waals surface area contributed by atoms with Crippen molar-refractivity contribution >= 4 is 58.5 Å². The van der Waals surface area contributed by atoms with Crippen LogP contribution in [0.5, 0.6) is 5.88 Å². The van der Waals surface area contributed by atoms with Gasteiger partial charge in [-0.05, 0) is 25.1 Å². The predicted molar refractivity (Wildman–Crippen MR) is 76.7 cm³/mol. The molecule has 0 aliphatic carbocycles. The van der Waals surface area contributed by atoms with Crippen molar-refractivity contribution in [3.05, 3.63) is 45.1 Å². The van der Waals surface area contributed by atoms with Gasteiger partial charge in [-0.15, -0.1) is 0 Å². The number of ketones is 1. The van der Waals surface area contributed by atoms with Gasteiger partial charge in [-0.3, -0.25) is 4.79 Å². The number of benzene rings is 1. The molecule has 0 atom stereocenters. The second kappa shape index (κ2) is 6.29. The molecular formula is C12H11Cl2N2NaO2. The fourth-order valence-electron chi connectivity index (χ4n) is 1.72. The van der Waals surface area contributed by atoms with Crippen LogP contribution in [-0.2, 0) is 7.05 Å². The minimum absolute atomic E-state index is 0. The third kappa shape index (κ3) is 3.15. The third-order valence-electron chi connectivity index (χ3n) is 2.59. The number of rotatable bonds is 2. The Morgan fingerprint density at radius 1 is 1.37 bits per heavy atom. The maximum atomic E-state index is 12.3. The van der Waals surface area contributed by atoms with Crippen molar-refractivity contribution in [2.45, 2.75) is 6.92 Å². The molecule has 0 saturated carbocycles. The molecule has 0 aliphatic rings. The molecule has 2 aromatic rings. The summed E-state index contributed by atoms with van der Waals surface area (Å²) >= 11 is 11.7. The van der Waals surface area contributed by atoms with Crippen molar-refractivity contribution in [1.82, 2.24) is 9.78 Å². The number of aromatic nitrogens is 2. The van der Waals surface area contributed by atoms with Crippen LogP contribution in [0.1, 0.15) is 21.6 Å². The summed E-state index contributed by atoms with van der Waals surface area (Å²) in [5.74, 6) is -0.553. The van der Waals surface area contributed by atoms with Gasteiger partial charge in [0, 0.05) is 17.6 Å². The van der Waals surface area contributed by atoms with E-state index in [1.54, 1.807) is 20.0 Å². The second-order valence-corrected chi connectivity index (χ2v) is 4.70. The number of hydrogen-bond acceptors (Lipinski definition) is 3. The third-order valence-corrected chi connectivity index (χ3v) is 3.14. The van der Waals surface area contributed by atoms with Gasteiger partial charge in [0.1, 0.15) is 5.56 Å². The number of aromatic hydroxyl groups is 1. The fraction of sp³-hybridized carbons (Fsp3) is 0.167. The van der Waals surface area contributed by atoms with E-state index >= 15 is 0 Å². The topological polar surface area (TPSA) is 55.1 Å². The molecule has 2 rings (SSSR count). The first-order valence-corrected chi connectivity index (χ1v) is 5.89. The number of carbonyl (C=O) groups is 1.